The molecule has 0 saturated heterocycles. The van der Waals surface area contributed by atoms with E-state index in [1.807, 2.05) is 0 Å². The van der Waals surface area contributed by atoms with E-state index in [0.29, 0.717) is 0 Å². The van der Waals surface area contributed by atoms with E-state index in [1.165, 1.54) is 12.8 Å². The van der Waals surface area contributed by atoms with Crippen molar-refractivity contribution in [1.82, 2.24) is 0 Å². The van der Waals surface area contributed by atoms with Crippen LogP contribution in [0.4, 0.5) is 0 Å². The normalized spacial score (nSPS) is 62.5. The minimum Gasteiger partial charge on any atom is -0.176 e. The first-order valence-electron chi connectivity index (χ1n) is 2.56. The van der Waals surface area contributed by atoms with Crippen molar-refractivity contribution in [3.63, 3.8) is 0 Å². The number of hydrogen-bond donors (Lipinski definition) is 1. The highest BCUT2D eigenvalue weighted by molar-refractivity contribution is 7.81. The predicted molar refractivity (Wildman–Crippen MR) is 29.0 cm³/mol. The highest BCUT2D eigenvalue weighted by atomic mass is 32.1. The van der Waals surface area contributed by atoms with Gasteiger partial charge in [-0.15, -0.1) is 0 Å². The fraction of sp³-hybridized carbons (Fsp3) is 1.00. The summed E-state index contributed by atoms with van der Waals surface area (Å²) in [7, 11) is 0. The van der Waals surface area contributed by atoms with Crippen LogP contribution in [-0.4, -0.2) is 5.25 Å². The van der Waals surface area contributed by atoms with Gasteiger partial charge in [-0.25, -0.2) is 0 Å². The van der Waals surface area contributed by atoms with Crippen LogP contribution in [0.2, 0.25) is 0 Å². The van der Waals surface area contributed by atoms with Crippen LogP contribution in [0.15, 0.2) is 0 Å². The molecule has 0 radical (unpaired) electrons. The molecule has 0 aromatic rings. The Morgan fingerprint density at radius 1 is 1.33 bits per heavy atom. The Kier molecular flexibility index (Phi) is 0.441. The second-order valence-electron chi connectivity index (χ2n) is 2.46. The van der Waals surface area contributed by atoms with Crippen LogP contribution in [0.1, 0.15) is 12.8 Å². The van der Waals surface area contributed by atoms with Crippen molar-refractivity contribution in [3.8, 4) is 0 Å². The van der Waals surface area contributed by atoms with Crippen molar-refractivity contribution >= 4 is 12.6 Å². The van der Waals surface area contributed by atoms with Gasteiger partial charge in [0.1, 0.15) is 0 Å². The molecule has 0 aliphatic heterocycles. The van der Waals surface area contributed by atoms with Crippen LogP contribution in [-0.2, 0) is 0 Å². The fourth-order valence-electron chi connectivity index (χ4n) is 1.30. The quantitative estimate of drug-likeness (QED) is 0.436. The van der Waals surface area contributed by atoms with Gasteiger partial charge in [-0.3, -0.25) is 0 Å². The first-order valence-corrected chi connectivity index (χ1v) is 3.07. The van der Waals surface area contributed by atoms with Crippen molar-refractivity contribution in [2.24, 2.45) is 11.8 Å². The summed E-state index contributed by atoms with van der Waals surface area (Å²) in [5.41, 5.74) is 0. The van der Waals surface area contributed by atoms with E-state index in [9.17, 15) is 0 Å². The third-order valence-electron chi connectivity index (χ3n) is 2.02. The summed E-state index contributed by atoms with van der Waals surface area (Å²) in [4.78, 5) is 0. The molecule has 6 heavy (non-hydrogen) atoms. The Bertz CT molecular complexity index is 80.0. The molecule has 0 aromatic carbocycles. The van der Waals surface area contributed by atoms with Gasteiger partial charge in [-0.2, -0.15) is 12.6 Å². The molecule has 1 heteroatoms. The lowest BCUT2D eigenvalue weighted by Crippen LogP contribution is -2.14. The lowest BCUT2D eigenvalue weighted by molar-refractivity contribution is 0.489. The second kappa shape index (κ2) is 0.786. The van der Waals surface area contributed by atoms with Gasteiger partial charge in [0.25, 0.3) is 0 Å². The van der Waals surface area contributed by atoms with Crippen LogP contribution in [0, 0.1) is 11.8 Å². The minimum atomic E-state index is 0.801. The monoisotopic (exact) mass is 100 g/mol. The van der Waals surface area contributed by atoms with Gasteiger partial charge in [0, 0.05) is 5.25 Å². The summed E-state index contributed by atoms with van der Waals surface area (Å²) in [5, 5.41) is 0.801. The minimum absolute atomic E-state index is 0.801. The molecule has 3 unspecified atom stereocenters. The average molecular weight is 100 g/mol. The van der Waals surface area contributed by atoms with Crippen molar-refractivity contribution < 1.29 is 0 Å². The predicted octanol–water partition coefficient (Wildman–Crippen LogP) is 1.32. The van der Waals surface area contributed by atoms with Gasteiger partial charge in [-0.05, 0) is 24.7 Å². The average Bonchev–Trinajstić information content (AvgIpc) is 2.12. The Morgan fingerprint density at radius 2 is 2.17 bits per heavy atom. The molecular formula is C5H8S. The molecule has 0 N–H and O–H groups in total. The maximum absolute atomic E-state index is 4.32. The molecule has 0 aromatic heterocycles. The Balaban J connectivity index is 2.08. The van der Waals surface area contributed by atoms with E-state index in [0.717, 1.165) is 17.1 Å². The first-order chi connectivity index (χ1) is 2.88. The van der Waals surface area contributed by atoms with Crippen molar-refractivity contribution in [3.05, 3.63) is 0 Å². The molecule has 2 aliphatic carbocycles. The molecule has 2 fully saturated rings. The summed E-state index contributed by atoms with van der Waals surface area (Å²) < 4.78 is 0. The van der Waals surface area contributed by atoms with Crippen molar-refractivity contribution in [2.45, 2.75) is 18.1 Å². The third-order valence-corrected chi connectivity index (χ3v) is 2.61. The number of fused-ring (bicyclic) bond motifs is 1. The molecule has 0 nitrogen and oxygen atoms in total. The van der Waals surface area contributed by atoms with E-state index in [-0.39, 0.29) is 0 Å². The molecule has 34 valence electrons. The zero-order valence-electron chi connectivity index (χ0n) is 3.59. The Hall–Kier alpha value is 0.350. The molecule has 0 heterocycles. The first kappa shape index (κ1) is 3.36. The number of hydrogen-bond acceptors (Lipinski definition) is 1. The highest BCUT2D eigenvalue weighted by Gasteiger charge is 2.51. The van der Waals surface area contributed by atoms with Crippen LogP contribution in [0.3, 0.4) is 0 Å². The standard InChI is InChI=1S/C5H8S/c6-5-2-3-1-4(3)5/h3-6H,1-2H2. The zero-order valence-corrected chi connectivity index (χ0v) is 4.49. The Labute approximate surface area is 43.3 Å². The van der Waals surface area contributed by atoms with Crippen LogP contribution in [0.5, 0.6) is 0 Å². The second-order valence-corrected chi connectivity index (χ2v) is 3.13. The van der Waals surface area contributed by atoms with Crippen molar-refractivity contribution in [1.29, 1.82) is 0 Å². The smallest absolute Gasteiger partial charge is 0.00505 e. The lowest BCUT2D eigenvalue weighted by atomic mass is 10.0. The van der Waals surface area contributed by atoms with Gasteiger partial charge in [0.2, 0.25) is 0 Å². The fourth-order valence-corrected chi connectivity index (χ4v) is 1.94. The molecule has 2 aliphatic rings. The molecule has 0 spiro atoms. The lowest BCUT2D eigenvalue weighted by Gasteiger charge is -2.17. The van der Waals surface area contributed by atoms with Gasteiger partial charge in [-0.1, -0.05) is 0 Å². The maximum Gasteiger partial charge on any atom is 0.00505 e. The van der Waals surface area contributed by atoms with E-state index >= 15 is 0 Å². The molecular weight excluding hydrogens is 92.1 g/mol. The van der Waals surface area contributed by atoms with Crippen LogP contribution >= 0.6 is 12.6 Å². The highest BCUT2D eigenvalue weighted by Crippen LogP contribution is 2.57. The van der Waals surface area contributed by atoms with Gasteiger partial charge < -0.3 is 0 Å². The van der Waals surface area contributed by atoms with Crippen LogP contribution < -0.4 is 0 Å². The van der Waals surface area contributed by atoms with Gasteiger partial charge in [0.05, 0.1) is 0 Å². The maximum atomic E-state index is 4.32. The number of rotatable bonds is 0. The Morgan fingerprint density at radius 3 is 2.17 bits per heavy atom. The van der Waals surface area contributed by atoms with Gasteiger partial charge in [0.15, 0.2) is 0 Å². The molecule has 0 amide bonds. The molecule has 2 saturated carbocycles. The topological polar surface area (TPSA) is 0 Å². The summed E-state index contributed by atoms with van der Waals surface area (Å²) in [5.74, 6) is 2.20. The summed E-state index contributed by atoms with van der Waals surface area (Å²) in [6.45, 7) is 0. The summed E-state index contributed by atoms with van der Waals surface area (Å²) in [6, 6.07) is 0. The number of thiol groups is 1. The third kappa shape index (κ3) is 0.237. The molecule has 3 atom stereocenters. The van der Waals surface area contributed by atoms with Gasteiger partial charge >= 0.3 is 0 Å². The van der Waals surface area contributed by atoms with E-state index in [2.05, 4.69) is 12.6 Å². The van der Waals surface area contributed by atoms with Crippen LogP contribution in [0.25, 0.3) is 0 Å². The summed E-state index contributed by atoms with van der Waals surface area (Å²) in [6.07, 6.45) is 2.90. The summed E-state index contributed by atoms with van der Waals surface area (Å²) >= 11 is 4.32. The molecule has 2 rings (SSSR count). The van der Waals surface area contributed by atoms with E-state index < -0.39 is 0 Å². The largest absolute Gasteiger partial charge is 0.176 e. The zero-order chi connectivity index (χ0) is 4.15. The van der Waals surface area contributed by atoms with Crippen molar-refractivity contribution in [2.75, 3.05) is 0 Å². The SMILES string of the molecule is SC1CC2CC12. The van der Waals surface area contributed by atoms with E-state index in [4.69, 9.17) is 0 Å². The molecule has 0 bridgehead atoms. The van der Waals surface area contributed by atoms with E-state index in [1.54, 1.807) is 0 Å².